The van der Waals surface area contributed by atoms with Crippen LogP contribution in [0.25, 0.3) is 11.1 Å². The maximum atomic E-state index is 12.1. The van der Waals surface area contributed by atoms with Gasteiger partial charge in [0.1, 0.15) is 17.6 Å². The maximum Gasteiger partial charge on any atom is 0.284 e. The number of nitrogens with two attached hydrogens (primary N) is 2. The number of carbonyl (C=O) groups is 2. The van der Waals surface area contributed by atoms with Crippen molar-refractivity contribution in [1.29, 1.82) is 0 Å². The molecule has 4 aromatic rings. The molecular formula is C38H44Cl2N6O4. The summed E-state index contributed by atoms with van der Waals surface area (Å²) in [6.07, 6.45) is 2.73. The van der Waals surface area contributed by atoms with Gasteiger partial charge in [-0.3, -0.25) is 14.5 Å². The van der Waals surface area contributed by atoms with E-state index in [0.29, 0.717) is 40.4 Å². The Bertz CT molecular complexity index is 1940. The van der Waals surface area contributed by atoms with E-state index in [1.54, 1.807) is 17.7 Å². The van der Waals surface area contributed by atoms with E-state index < -0.39 is 17.9 Å². The van der Waals surface area contributed by atoms with E-state index in [1.165, 1.54) is 5.56 Å². The number of benzene rings is 3. The number of primary amides is 2. The predicted molar refractivity (Wildman–Crippen MR) is 196 cm³/mol. The Morgan fingerprint density at radius 3 is 2.42 bits per heavy atom. The van der Waals surface area contributed by atoms with Crippen LogP contribution in [0.4, 0.5) is 0 Å². The van der Waals surface area contributed by atoms with Crippen LogP contribution in [0.2, 0.25) is 10.0 Å². The molecule has 3 unspecified atom stereocenters. The van der Waals surface area contributed by atoms with Gasteiger partial charge in [-0.15, -0.1) is 0 Å². The maximum absolute atomic E-state index is 12.1. The largest absolute Gasteiger partial charge is 0.496 e. The quantitative estimate of drug-likeness (QED) is 0.160. The molecule has 12 heteroatoms. The second-order valence-electron chi connectivity index (χ2n) is 13.6. The Kier molecular flexibility index (Phi) is 10.5. The number of nitrogens with one attached hydrogen (secondary N) is 1. The van der Waals surface area contributed by atoms with Gasteiger partial charge >= 0.3 is 0 Å². The van der Waals surface area contributed by atoms with E-state index in [1.807, 2.05) is 58.3 Å². The van der Waals surface area contributed by atoms with Gasteiger partial charge in [-0.05, 0) is 60.5 Å². The summed E-state index contributed by atoms with van der Waals surface area (Å²) >= 11 is 14.1. The van der Waals surface area contributed by atoms with Crippen molar-refractivity contribution >= 4 is 35.0 Å². The van der Waals surface area contributed by atoms with Gasteiger partial charge in [0.15, 0.2) is 5.82 Å². The number of nitrogens with zero attached hydrogens (tertiary/aromatic N) is 3. The average molecular weight is 720 g/mol. The number of hydrogen-bond acceptors (Lipinski definition) is 7. The van der Waals surface area contributed by atoms with Gasteiger partial charge in [0.05, 0.1) is 34.9 Å². The summed E-state index contributed by atoms with van der Waals surface area (Å²) in [4.78, 5) is 31.0. The molecule has 10 nitrogen and oxygen atoms in total. The molecule has 0 spiro atoms. The lowest BCUT2D eigenvalue weighted by Gasteiger charge is -2.33. The highest BCUT2D eigenvalue weighted by Crippen LogP contribution is 2.46. The van der Waals surface area contributed by atoms with Crippen molar-refractivity contribution in [2.45, 2.75) is 64.3 Å². The Morgan fingerprint density at radius 1 is 1.02 bits per heavy atom. The van der Waals surface area contributed by atoms with Crippen molar-refractivity contribution in [3.63, 3.8) is 0 Å². The van der Waals surface area contributed by atoms with E-state index in [2.05, 4.69) is 22.3 Å². The number of fused-ring (bicyclic) bond motifs is 2. The van der Waals surface area contributed by atoms with Gasteiger partial charge in [0, 0.05) is 49.4 Å². The van der Waals surface area contributed by atoms with Gasteiger partial charge in [0.25, 0.3) is 5.91 Å². The van der Waals surface area contributed by atoms with Crippen LogP contribution in [0, 0.1) is 5.92 Å². The molecule has 6 rings (SSSR count). The molecule has 1 aliphatic carbocycles. The van der Waals surface area contributed by atoms with Crippen LogP contribution in [-0.4, -0.2) is 53.0 Å². The zero-order chi connectivity index (χ0) is 35.9. The normalized spacial score (nSPS) is 17.8. The lowest BCUT2D eigenvalue weighted by Crippen LogP contribution is -2.41. The van der Waals surface area contributed by atoms with E-state index >= 15 is 0 Å². The molecule has 3 atom stereocenters. The summed E-state index contributed by atoms with van der Waals surface area (Å²) in [7, 11) is 5.48. The molecule has 0 fully saturated rings. The molecule has 0 radical (unpaired) electrons. The second-order valence-corrected chi connectivity index (χ2v) is 14.4. The highest BCUT2D eigenvalue weighted by molar-refractivity contribution is 6.34. The minimum absolute atomic E-state index is 0.226. The molecule has 50 heavy (non-hydrogen) atoms. The fraction of sp³-hybridized carbons (Fsp3) is 0.395. The third-order valence-corrected chi connectivity index (χ3v) is 10.6. The molecule has 2 aliphatic rings. The second kappa shape index (κ2) is 14.6. The molecule has 0 saturated carbocycles. The number of methoxy groups -OCH3 is 1. The SMILES string of the molecule is COc1cc(OC2CCc3c(-c4cccc(C5c6nc(C(N)=O)n(C)c6CCN5C)c4Cl)cccc32)c(Cl)cc1CNC(CC(C)C)C(N)=O. The molecule has 5 N–H and O–H groups in total. The highest BCUT2D eigenvalue weighted by atomic mass is 35.5. The monoisotopic (exact) mass is 718 g/mol. The number of hydrogen-bond donors (Lipinski definition) is 3. The molecule has 3 aromatic carbocycles. The number of rotatable bonds is 12. The highest BCUT2D eigenvalue weighted by Gasteiger charge is 2.35. The van der Waals surface area contributed by atoms with Crippen molar-refractivity contribution in [2.75, 3.05) is 20.7 Å². The van der Waals surface area contributed by atoms with Crippen LogP contribution >= 0.6 is 23.2 Å². The summed E-state index contributed by atoms with van der Waals surface area (Å²) in [5.74, 6) is 0.735. The molecule has 264 valence electrons. The average Bonchev–Trinajstić information content (AvgIpc) is 3.64. The summed E-state index contributed by atoms with van der Waals surface area (Å²) in [6, 6.07) is 15.3. The lowest BCUT2D eigenvalue weighted by atomic mass is 9.91. The number of ether oxygens (including phenoxy) is 2. The summed E-state index contributed by atoms with van der Waals surface area (Å²) in [6.45, 7) is 5.25. The number of imidazole rings is 1. The molecule has 0 saturated heterocycles. The Labute approximate surface area is 303 Å². The zero-order valence-electron chi connectivity index (χ0n) is 29.1. The van der Waals surface area contributed by atoms with Crippen molar-refractivity contribution in [3.05, 3.63) is 98.0 Å². The first-order valence-electron chi connectivity index (χ1n) is 16.9. The first-order chi connectivity index (χ1) is 23.9. The van der Waals surface area contributed by atoms with Crippen LogP contribution in [0.15, 0.2) is 48.5 Å². The molecular weight excluding hydrogens is 675 g/mol. The topological polar surface area (TPSA) is 138 Å². The predicted octanol–water partition coefficient (Wildman–Crippen LogP) is 6.13. The number of halogens is 2. The molecule has 2 amide bonds. The first-order valence-corrected chi connectivity index (χ1v) is 17.7. The lowest BCUT2D eigenvalue weighted by molar-refractivity contribution is -0.120. The molecule has 2 heterocycles. The number of carbonyl (C=O) groups excluding carboxylic acids is 2. The van der Waals surface area contributed by atoms with E-state index in [9.17, 15) is 9.59 Å². The van der Waals surface area contributed by atoms with E-state index in [4.69, 9.17) is 49.1 Å². The zero-order valence-corrected chi connectivity index (χ0v) is 30.6. The summed E-state index contributed by atoms with van der Waals surface area (Å²) in [5, 5.41) is 4.35. The number of aromatic nitrogens is 2. The van der Waals surface area contributed by atoms with Crippen molar-refractivity contribution in [2.24, 2.45) is 24.4 Å². The van der Waals surface area contributed by atoms with Gasteiger partial charge in [0.2, 0.25) is 5.91 Å². The minimum atomic E-state index is -0.553. The first kappa shape index (κ1) is 35.7. The van der Waals surface area contributed by atoms with Crippen LogP contribution in [0.1, 0.15) is 83.1 Å². The molecule has 1 aliphatic heterocycles. The Balaban J connectivity index is 1.28. The summed E-state index contributed by atoms with van der Waals surface area (Å²) in [5.41, 5.74) is 19.0. The van der Waals surface area contributed by atoms with Gasteiger partial charge in [-0.2, -0.15) is 0 Å². The standard InChI is InChI=1S/C38H44Cl2N6O4/c1-20(2)16-28(36(41)47)43-19-21-17-27(39)32(18-31(21)49-5)50-30-13-12-23-22(8-6-9-24(23)30)25-10-7-11-26(33(25)40)35-34-29(14-15-45(35)3)46(4)38(44-34)37(42)48/h6-11,17-18,20,28,30,35,43H,12-16,19H2,1-5H3,(H2,41,47)(H2,42,48). The van der Waals surface area contributed by atoms with Crippen LogP contribution in [-0.2, 0) is 31.2 Å². The van der Waals surface area contributed by atoms with Gasteiger partial charge < -0.3 is 30.8 Å². The molecule has 1 aromatic heterocycles. The van der Waals surface area contributed by atoms with E-state index in [-0.39, 0.29) is 18.0 Å². The van der Waals surface area contributed by atoms with Crippen LogP contribution < -0.4 is 26.3 Å². The Morgan fingerprint density at radius 2 is 1.74 bits per heavy atom. The van der Waals surface area contributed by atoms with Gasteiger partial charge in [-0.25, -0.2) is 4.98 Å². The fourth-order valence-electron chi connectivity index (χ4n) is 7.41. The van der Waals surface area contributed by atoms with Crippen molar-refractivity contribution in [3.8, 4) is 22.6 Å². The fourth-order valence-corrected chi connectivity index (χ4v) is 7.97. The van der Waals surface area contributed by atoms with Crippen molar-refractivity contribution in [1.82, 2.24) is 19.8 Å². The third-order valence-electron chi connectivity index (χ3n) is 9.89. The van der Waals surface area contributed by atoms with Crippen LogP contribution in [0.3, 0.4) is 0 Å². The minimum Gasteiger partial charge on any atom is -0.496 e. The van der Waals surface area contributed by atoms with E-state index in [0.717, 1.165) is 65.0 Å². The number of amides is 2. The third kappa shape index (κ3) is 6.82. The van der Waals surface area contributed by atoms with Crippen molar-refractivity contribution < 1.29 is 19.1 Å². The molecule has 0 bridgehead atoms. The summed E-state index contributed by atoms with van der Waals surface area (Å²) < 4.78 is 14.1. The smallest absolute Gasteiger partial charge is 0.284 e. The number of likely N-dealkylation sites (N-methyl/N-ethyl adjacent to an activating group) is 1. The van der Waals surface area contributed by atoms with Gasteiger partial charge in [-0.1, -0.05) is 73.4 Å². The Hall–Kier alpha value is -4.09. The van der Waals surface area contributed by atoms with Crippen LogP contribution in [0.5, 0.6) is 11.5 Å².